The lowest BCUT2D eigenvalue weighted by molar-refractivity contribution is 0.0923. The van der Waals surface area contributed by atoms with E-state index >= 15 is 0 Å². The zero-order chi connectivity index (χ0) is 14.3. The van der Waals surface area contributed by atoms with Crippen molar-refractivity contribution in [2.24, 2.45) is 5.92 Å². The second-order valence-electron chi connectivity index (χ2n) is 4.98. The van der Waals surface area contributed by atoms with Gasteiger partial charge in [0.2, 0.25) is 0 Å². The standard InChI is InChI=1S/C15H25N3O/c1-5-10-16-14-9-7-8-13(18-14)15(19)17-12(4)11(3)6-2/h7-9,11-12H,5-6,10H2,1-4H3,(H,16,18)(H,17,19). The van der Waals surface area contributed by atoms with Gasteiger partial charge in [0.1, 0.15) is 11.5 Å². The number of pyridine rings is 1. The monoisotopic (exact) mass is 263 g/mol. The molecule has 2 N–H and O–H groups in total. The highest BCUT2D eigenvalue weighted by Crippen LogP contribution is 2.09. The molecule has 1 aromatic heterocycles. The predicted octanol–water partition coefficient (Wildman–Crippen LogP) is 3.07. The summed E-state index contributed by atoms with van der Waals surface area (Å²) in [4.78, 5) is 16.4. The Kier molecular flexibility index (Phi) is 6.33. The van der Waals surface area contributed by atoms with Crippen LogP contribution in [0.4, 0.5) is 5.82 Å². The second-order valence-corrected chi connectivity index (χ2v) is 4.98. The Morgan fingerprint density at radius 2 is 2.05 bits per heavy atom. The number of anilines is 1. The van der Waals surface area contributed by atoms with Crippen LogP contribution in [0, 0.1) is 5.92 Å². The molecule has 0 aliphatic carbocycles. The molecule has 19 heavy (non-hydrogen) atoms. The second kappa shape index (κ2) is 7.77. The van der Waals surface area contributed by atoms with Gasteiger partial charge in [0.05, 0.1) is 0 Å². The first-order chi connectivity index (χ1) is 9.08. The van der Waals surface area contributed by atoms with Crippen molar-refractivity contribution >= 4 is 11.7 Å². The molecule has 2 unspecified atom stereocenters. The molecular formula is C15H25N3O. The Labute approximate surface area is 116 Å². The van der Waals surface area contributed by atoms with Crippen LogP contribution in [0.1, 0.15) is 51.0 Å². The molecule has 1 heterocycles. The first-order valence-electron chi connectivity index (χ1n) is 7.10. The highest BCUT2D eigenvalue weighted by molar-refractivity contribution is 5.92. The molecule has 0 aliphatic rings. The molecule has 4 heteroatoms. The molecule has 0 bridgehead atoms. The maximum atomic E-state index is 12.1. The quantitative estimate of drug-likeness (QED) is 0.795. The van der Waals surface area contributed by atoms with E-state index < -0.39 is 0 Å². The van der Waals surface area contributed by atoms with Gasteiger partial charge in [-0.1, -0.05) is 33.3 Å². The van der Waals surface area contributed by atoms with Crippen LogP contribution in [-0.2, 0) is 0 Å². The van der Waals surface area contributed by atoms with Crippen LogP contribution in [0.3, 0.4) is 0 Å². The third kappa shape index (κ3) is 4.89. The Morgan fingerprint density at radius 1 is 1.32 bits per heavy atom. The van der Waals surface area contributed by atoms with E-state index in [2.05, 4.69) is 36.4 Å². The van der Waals surface area contributed by atoms with Gasteiger partial charge in [-0.05, 0) is 31.4 Å². The van der Waals surface area contributed by atoms with E-state index in [1.54, 1.807) is 6.07 Å². The van der Waals surface area contributed by atoms with Crippen LogP contribution in [0.2, 0.25) is 0 Å². The molecule has 0 saturated carbocycles. The van der Waals surface area contributed by atoms with Gasteiger partial charge in [0.25, 0.3) is 5.91 Å². The average molecular weight is 263 g/mol. The van der Waals surface area contributed by atoms with Gasteiger partial charge in [-0.3, -0.25) is 4.79 Å². The minimum atomic E-state index is -0.104. The number of hydrogen-bond acceptors (Lipinski definition) is 3. The number of rotatable bonds is 7. The highest BCUT2D eigenvalue weighted by atomic mass is 16.1. The predicted molar refractivity (Wildman–Crippen MR) is 79.4 cm³/mol. The van der Waals surface area contributed by atoms with Gasteiger partial charge in [-0.25, -0.2) is 4.98 Å². The van der Waals surface area contributed by atoms with Gasteiger partial charge in [0.15, 0.2) is 0 Å². The van der Waals surface area contributed by atoms with E-state index in [4.69, 9.17) is 0 Å². The molecule has 2 atom stereocenters. The summed E-state index contributed by atoms with van der Waals surface area (Å²) in [5, 5.41) is 6.19. The topological polar surface area (TPSA) is 54.0 Å². The Morgan fingerprint density at radius 3 is 2.68 bits per heavy atom. The van der Waals surface area contributed by atoms with Crippen LogP contribution in [0.15, 0.2) is 18.2 Å². The molecule has 1 aromatic rings. The van der Waals surface area contributed by atoms with Crippen LogP contribution in [-0.4, -0.2) is 23.5 Å². The van der Waals surface area contributed by atoms with E-state index in [-0.39, 0.29) is 11.9 Å². The first kappa shape index (κ1) is 15.5. The normalized spacial score (nSPS) is 13.7. The minimum absolute atomic E-state index is 0.104. The summed E-state index contributed by atoms with van der Waals surface area (Å²) in [7, 11) is 0. The van der Waals surface area contributed by atoms with E-state index in [0.29, 0.717) is 11.6 Å². The van der Waals surface area contributed by atoms with Crippen LogP contribution >= 0.6 is 0 Å². The Hall–Kier alpha value is -1.58. The fourth-order valence-corrected chi connectivity index (χ4v) is 1.69. The molecule has 1 amide bonds. The zero-order valence-electron chi connectivity index (χ0n) is 12.4. The largest absolute Gasteiger partial charge is 0.370 e. The van der Waals surface area contributed by atoms with Gasteiger partial charge in [0, 0.05) is 12.6 Å². The number of aromatic nitrogens is 1. The molecular weight excluding hydrogens is 238 g/mol. The number of nitrogens with one attached hydrogen (secondary N) is 2. The zero-order valence-corrected chi connectivity index (χ0v) is 12.4. The molecule has 0 aromatic carbocycles. The lowest BCUT2D eigenvalue weighted by Gasteiger charge is -2.19. The van der Waals surface area contributed by atoms with Gasteiger partial charge >= 0.3 is 0 Å². The van der Waals surface area contributed by atoms with E-state index in [1.807, 2.05) is 19.1 Å². The molecule has 0 aliphatic heterocycles. The Balaban J connectivity index is 2.66. The molecule has 0 fully saturated rings. The van der Waals surface area contributed by atoms with Crippen LogP contribution in [0.25, 0.3) is 0 Å². The van der Waals surface area contributed by atoms with Crippen LogP contribution < -0.4 is 10.6 Å². The molecule has 1 rings (SSSR count). The van der Waals surface area contributed by atoms with Crippen molar-refractivity contribution in [1.29, 1.82) is 0 Å². The SMILES string of the molecule is CCCNc1cccc(C(=O)NC(C)C(C)CC)n1. The van der Waals surface area contributed by atoms with Crippen molar-refractivity contribution in [2.75, 3.05) is 11.9 Å². The van der Waals surface area contributed by atoms with E-state index in [9.17, 15) is 4.79 Å². The van der Waals surface area contributed by atoms with Crippen LogP contribution in [0.5, 0.6) is 0 Å². The first-order valence-corrected chi connectivity index (χ1v) is 7.10. The Bertz CT molecular complexity index is 406. The van der Waals surface area contributed by atoms with Gasteiger partial charge < -0.3 is 10.6 Å². The smallest absolute Gasteiger partial charge is 0.270 e. The molecule has 106 valence electrons. The molecule has 0 saturated heterocycles. The number of nitrogens with zero attached hydrogens (tertiary/aromatic N) is 1. The molecule has 0 radical (unpaired) electrons. The van der Waals surface area contributed by atoms with Crippen molar-refractivity contribution < 1.29 is 4.79 Å². The summed E-state index contributed by atoms with van der Waals surface area (Å²) in [6.07, 6.45) is 2.08. The fraction of sp³-hybridized carbons (Fsp3) is 0.600. The summed E-state index contributed by atoms with van der Waals surface area (Å²) < 4.78 is 0. The maximum Gasteiger partial charge on any atom is 0.270 e. The highest BCUT2D eigenvalue weighted by Gasteiger charge is 2.15. The number of hydrogen-bond donors (Lipinski definition) is 2. The summed E-state index contributed by atoms with van der Waals surface area (Å²) in [5.41, 5.74) is 0.469. The van der Waals surface area contributed by atoms with E-state index in [1.165, 1.54) is 0 Å². The summed E-state index contributed by atoms with van der Waals surface area (Å²) >= 11 is 0. The third-order valence-corrected chi connectivity index (χ3v) is 3.39. The number of carbonyl (C=O) groups is 1. The fourth-order valence-electron chi connectivity index (χ4n) is 1.69. The van der Waals surface area contributed by atoms with Crippen molar-refractivity contribution in [2.45, 2.75) is 46.6 Å². The summed E-state index contributed by atoms with van der Waals surface area (Å²) in [5.74, 6) is 1.11. The number of carbonyl (C=O) groups excluding carboxylic acids is 1. The summed E-state index contributed by atoms with van der Waals surface area (Å²) in [6, 6.07) is 5.64. The molecule has 4 nitrogen and oxygen atoms in total. The van der Waals surface area contributed by atoms with Gasteiger partial charge in [-0.15, -0.1) is 0 Å². The van der Waals surface area contributed by atoms with Crippen molar-refractivity contribution in [3.05, 3.63) is 23.9 Å². The van der Waals surface area contributed by atoms with E-state index in [0.717, 1.165) is 25.2 Å². The lowest BCUT2D eigenvalue weighted by atomic mass is 10.0. The maximum absolute atomic E-state index is 12.1. The van der Waals surface area contributed by atoms with Crippen molar-refractivity contribution in [3.8, 4) is 0 Å². The van der Waals surface area contributed by atoms with Gasteiger partial charge in [-0.2, -0.15) is 0 Å². The summed E-state index contributed by atoms with van der Waals surface area (Å²) in [6.45, 7) is 9.25. The average Bonchev–Trinajstić information content (AvgIpc) is 2.44. The minimum Gasteiger partial charge on any atom is -0.370 e. The van der Waals surface area contributed by atoms with Crippen molar-refractivity contribution in [3.63, 3.8) is 0 Å². The number of amides is 1. The third-order valence-electron chi connectivity index (χ3n) is 3.39. The molecule has 0 spiro atoms. The van der Waals surface area contributed by atoms with Crippen molar-refractivity contribution in [1.82, 2.24) is 10.3 Å². The lowest BCUT2D eigenvalue weighted by Crippen LogP contribution is -2.37.